The molecule has 0 aliphatic carbocycles. The zero-order chi connectivity index (χ0) is 18.0. The number of esters is 1. The maximum Gasteiger partial charge on any atom is 0.316 e. The van der Waals surface area contributed by atoms with Crippen LogP contribution in [0.15, 0.2) is 42.5 Å². The first-order valence-corrected chi connectivity index (χ1v) is 8.20. The molecule has 1 saturated heterocycles. The van der Waals surface area contributed by atoms with Crippen LogP contribution in [-0.4, -0.2) is 25.5 Å². The lowest BCUT2D eigenvalue weighted by atomic mass is 10.1. The van der Waals surface area contributed by atoms with Gasteiger partial charge in [-0.1, -0.05) is 6.07 Å². The van der Waals surface area contributed by atoms with E-state index in [0.717, 1.165) is 22.6 Å². The van der Waals surface area contributed by atoms with Crippen LogP contribution in [0.3, 0.4) is 0 Å². The lowest BCUT2D eigenvalue weighted by molar-refractivity contribution is -0.139. The van der Waals surface area contributed by atoms with Crippen LogP contribution in [0.5, 0.6) is 11.5 Å². The van der Waals surface area contributed by atoms with Gasteiger partial charge in [-0.15, -0.1) is 0 Å². The molecule has 0 radical (unpaired) electrons. The summed E-state index contributed by atoms with van der Waals surface area (Å²) in [7, 11) is 1.59. The van der Waals surface area contributed by atoms with Crippen LogP contribution in [0.1, 0.15) is 17.5 Å². The summed E-state index contributed by atoms with van der Waals surface area (Å²) in [4.78, 5) is 26.3. The smallest absolute Gasteiger partial charge is 0.316 e. The average Bonchev–Trinajstić information content (AvgIpc) is 2.96. The summed E-state index contributed by atoms with van der Waals surface area (Å²) >= 11 is 0. The summed E-state index contributed by atoms with van der Waals surface area (Å²) in [5, 5.41) is 0. The third kappa shape index (κ3) is 3.82. The number of carbonyl (C=O) groups excluding carboxylic acids is 2. The van der Waals surface area contributed by atoms with Gasteiger partial charge in [-0.05, 0) is 61.4 Å². The molecule has 130 valence electrons. The highest BCUT2D eigenvalue weighted by molar-refractivity contribution is 5.99. The molecule has 3 rings (SSSR count). The molecule has 0 N–H and O–H groups in total. The van der Waals surface area contributed by atoms with E-state index in [-0.39, 0.29) is 18.3 Å². The molecule has 0 saturated carbocycles. The van der Waals surface area contributed by atoms with Gasteiger partial charge in [-0.3, -0.25) is 9.59 Å². The van der Waals surface area contributed by atoms with Crippen LogP contribution in [-0.2, 0) is 9.59 Å². The van der Waals surface area contributed by atoms with E-state index < -0.39 is 5.92 Å². The maximum atomic E-state index is 12.4. The lowest BCUT2D eigenvalue weighted by Gasteiger charge is -2.17. The highest BCUT2D eigenvalue weighted by Crippen LogP contribution is 2.28. The van der Waals surface area contributed by atoms with Crippen molar-refractivity contribution < 1.29 is 19.1 Å². The van der Waals surface area contributed by atoms with Crippen molar-refractivity contribution in [3.8, 4) is 11.5 Å². The van der Waals surface area contributed by atoms with Crippen molar-refractivity contribution in [2.75, 3.05) is 18.6 Å². The monoisotopic (exact) mass is 339 g/mol. The molecule has 0 aromatic heterocycles. The van der Waals surface area contributed by atoms with E-state index in [1.807, 2.05) is 44.2 Å². The molecule has 0 spiro atoms. The van der Waals surface area contributed by atoms with E-state index in [0.29, 0.717) is 12.3 Å². The molecule has 1 heterocycles. The normalized spacial score (nSPS) is 16.8. The number of nitrogens with zero attached hydrogens (tertiary/aromatic N) is 1. The zero-order valence-electron chi connectivity index (χ0n) is 14.6. The third-order valence-corrected chi connectivity index (χ3v) is 4.26. The third-order valence-electron chi connectivity index (χ3n) is 4.26. The molecular formula is C20H21NO4. The first-order valence-electron chi connectivity index (χ1n) is 8.20. The predicted octanol–water partition coefficient (Wildman–Crippen LogP) is 3.27. The first-order chi connectivity index (χ1) is 12.0. The molecule has 25 heavy (non-hydrogen) atoms. The van der Waals surface area contributed by atoms with Gasteiger partial charge in [0.2, 0.25) is 5.91 Å². The van der Waals surface area contributed by atoms with Gasteiger partial charge in [0.1, 0.15) is 11.5 Å². The first kappa shape index (κ1) is 17.0. The molecule has 2 aromatic carbocycles. The van der Waals surface area contributed by atoms with E-state index in [2.05, 4.69) is 0 Å². The Bertz CT molecular complexity index is 778. The second kappa shape index (κ2) is 6.97. The zero-order valence-corrected chi connectivity index (χ0v) is 14.6. The highest BCUT2D eigenvalue weighted by atomic mass is 16.5. The van der Waals surface area contributed by atoms with Crippen molar-refractivity contribution in [1.29, 1.82) is 0 Å². The lowest BCUT2D eigenvalue weighted by Crippen LogP contribution is -2.27. The number of benzene rings is 2. The fourth-order valence-corrected chi connectivity index (χ4v) is 3.07. The molecule has 1 amide bonds. The van der Waals surface area contributed by atoms with Crippen molar-refractivity contribution >= 4 is 17.6 Å². The van der Waals surface area contributed by atoms with E-state index >= 15 is 0 Å². The molecule has 5 nitrogen and oxygen atoms in total. The number of carbonyl (C=O) groups is 2. The van der Waals surface area contributed by atoms with Crippen LogP contribution >= 0.6 is 0 Å². The Balaban J connectivity index is 1.69. The van der Waals surface area contributed by atoms with Crippen LogP contribution < -0.4 is 14.4 Å². The van der Waals surface area contributed by atoms with Crippen molar-refractivity contribution in [2.45, 2.75) is 20.3 Å². The van der Waals surface area contributed by atoms with Crippen LogP contribution in [0.2, 0.25) is 0 Å². The van der Waals surface area contributed by atoms with Gasteiger partial charge < -0.3 is 14.4 Å². The Morgan fingerprint density at radius 2 is 1.68 bits per heavy atom. The number of methoxy groups -OCH3 is 1. The van der Waals surface area contributed by atoms with Crippen LogP contribution in [0.4, 0.5) is 5.69 Å². The molecule has 1 aliphatic heterocycles. The van der Waals surface area contributed by atoms with Gasteiger partial charge >= 0.3 is 5.97 Å². The van der Waals surface area contributed by atoms with Gasteiger partial charge in [0.05, 0.1) is 13.0 Å². The molecular weight excluding hydrogens is 318 g/mol. The SMILES string of the molecule is COc1ccc(N2C[C@@H](C(=O)Oc3cc(C)cc(C)c3)CC2=O)cc1. The Hall–Kier alpha value is -2.82. The molecule has 0 unspecified atom stereocenters. The Morgan fingerprint density at radius 1 is 1.04 bits per heavy atom. The molecule has 2 aromatic rings. The van der Waals surface area contributed by atoms with Crippen molar-refractivity contribution in [3.05, 3.63) is 53.6 Å². The number of ether oxygens (including phenoxy) is 2. The van der Waals surface area contributed by atoms with Crippen molar-refractivity contribution in [3.63, 3.8) is 0 Å². The molecule has 1 atom stereocenters. The number of aryl methyl sites for hydroxylation is 2. The number of rotatable bonds is 4. The van der Waals surface area contributed by atoms with Crippen molar-refractivity contribution in [2.24, 2.45) is 5.92 Å². The van der Waals surface area contributed by atoms with Gasteiger partial charge in [0.25, 0.3) is 0 Å². The molecule has 1 aliphatic rings. The summed E-state index contributed by atoms with van der Waals surface area (Å²) in [6.45, 7) is 4.23. The Labute approximate surface area is 147 Å². The predicted molar refractivity (Wildman–Crippen MR) is 95.0 cm³/mol. The summed E-state index contributed by atoms with van der Waals surface area (Å²) in [5.41, 5.74) is 2.82. The summed E-state index contributed by atoms with van der Waals surface area (Å²) in [5.74, 6) is 0.344. The minimum atomic E-state index is -0.463. The number of hydrogen-bond donors (Lipinski definition) is 0. The second-order valence-electron chi connectivity index (χ2n) is 6.35. The number of amides is 1. The Morgan fingerprint density at radius 3 is 2.28 bits per heavy atom. The summed E-state index contributed by atoms with van der Waals surface area (Å²) in [6.07, 6.45) is 0.162. The van der Waals surface area contributed by atoms with Gasteiger partial charge in [-0.25, -0.2) is 0 Å². The quantitative estimate of drug-likeness (QED) is 0.634. The molecule has 1 fully saturated rings. The van der Waals surface area contributed by atoms with Crippen LogP contribution in [0.25, 0.3) is 0 Å². The van der Waals surface area contributed by atoms with E-state index in [4.69, 9.17) is 9.47 Å². The van der Waals surface area contributed by atoms with E-state index in [9.17, 15) is 9.59 Å². The largest absolute Gasteiger partial charge is 0.497 e. The number of hydrogen-bond acceptors (Lipinski definition) is 4. The fraction of sp³-hybridized carbons (Fsp3) is 0.300. The minimum Gasteiger partial charge on any atom is -0.497 e. The van der Waals surface area contributed by atoms with Crippen molar-refractivity contribution in [1.82, 2.24) is 0 Å². The standard InChI is InChI=1S/C20H21NO4/c1-13-8-14(2)10-18(9-13)25-20(23)15-11-19(22)21(12-15)16-4-6-17(24-3)7-5-16/h4-10,15H,11-12H2,1-3H3/t15-/m0/s1. The highest BCUT2D eigenvalue weighted by Gasteiger charge is 2.36. The fourth-order valence-electron chi connectivity index (χ4n) is 3.07. The Kier molecular flexibility index (Phi) is 4.74. The maximum absolute atomic E-state index is 12.4. The minimum absolute atomic E-state index is 0.0764. The van der Waals surface area contributed by atoms with Gasteiger partial charge in [0, 0.05) is 18.7 Å². The van der Waals surface area contributed by atoms with E-state index in [1.54, 1.807) is 24.1 Å². The summed E-state index contributed by atoms with van der Waals surface area (Å²) < 4.78 is 10.6. The second-order valence-corrected chi connectivity index (χ2v) is 6.35. The van der Waals surface area contributed by atoms with Crippen LogP contribution in [0, 0.1) is 19.8 Å². The molecule has 0 bridgehead atoms. The van der Waals surface area contributed by atoms with Gasteiger partial charge in [-0.2, -0.15) is 0 Å². The molecule has 5 heteroatoms. The summed E-state index contributed by atoms with van der Waals surface area (Å²) in [6, 6.07) is 12.9. The number of anilines is 1. The van der Waals surface area contributed by atoms with Gasteiger partial charge in [0.15, 0.2) is 0 Å². The topological polar surface area (TPSA) is 55.8 Å². The van der Waals surface area contributed by atoms with E-state index in [1.165, 1.54) is 0 Å². The average molecular weight is 339 g/mol.